The Labute approximate surface area is 139 Å². The van der Waals surface area contributed by atoms with Gasteiger partial charge in [-0.25, -0.2) is 0 Å². The fourth-order valence-corrected chi connectivity index (χ4v) is 3.45. The number of rotatable bonds is 6. The third kappa shape index (κ3) is 3.82. The van der Waals surface area contributed by atoms with E-state index in [1.807, 2.05) is 0 Å². The highest BCUT2D eigenvalue weighted by Crippen LogP contribution is 2.43. The van der Waals surface area contributed by atoms with Gasteiger partial charge < -0.3 is 15.7 Å². The molecule has 126 valence electrons. The maximum Gasteiger partial charge on any atom is 0.322 e. The van der Waals surface area contributed by atoms with Crippen molar-refractivity contribution in [2.75, 3.05) is 11.9 Å². The van der Waals surface area contributed by atoms with E-state index in [1.54, 1.807) is 24.3 Å². The van der Waals surface area contributed by atoms with E-state index in [0.29, 0.717) is 17.5 Å². The van der Waals surface area contributed by atoms with Gasteiger partial charge in [0.05, 0.1) is 6.42 Å². The molecule has 3 rings (SSSR count). The summed E-state index contributed by atoms with van der Waals surface area (Å²) in [5.41, 5.74) is 1.47. The Balaban J connectivity index is 1.51. The van der Waals surface area contributed by atoms with Gasteiger partial charge in [-0.15, -0.1) is 0 Å². The first kappa shape index (κ1) is 16.2. The quantitative estimate of drug-likeness (QED) is 0.691. The van der Waals surface area contributed by atoms with E-state index in [1.165, 1.54) is 0 Å². The topological polar surface area (TPSA) is 95.5 Å². The minimum absolute atomic E-state index is 0.0544. The summed E-state index contributed by atoms with van der Waals surface area (Å²) < 4.78 is 0. The zero-order valence-corrected chi connectivity index (χ0v) is 13.2. The van der Waals surface area contributed by atoms with Crippen LogP contribution in [-0.2, 0) is 20.8 Å². The SMILES string of the molecule is O=C(O)CNC(=O)Cc1ccc(NC(=O)C2CC3C=CC2C3)cc1. The third-order valence-electron chi connectivity index (χ3n) is 4.64. The Morgan fingerprint density at radius 2 is 1.83 bits per heavy atom. The largest absolute Gasteiger partial charge is 0.480 e. The van der Waals surface area contributed by atoms with Crippen LogP contribution in [0.3, 0.4) is 0 Å². The van der Waals surface area contributed by atoms with Crippen molar-refractivity contribution in [2.24, 2.45) is 17.8 Å². The summed E-state index contributed by atoms with van der Waals surface area (Å²) >= 11 is 0. The summed E-state index contributed by atoms with van der Waals surface area (Å²) in [7, 11) is 0. The number of fused-ring (bicyclic) bond motifs is 2. The van der Waals surface area contributed by atoms with E-state index in [-0.39, 0.29) is 30.7 Å². The number of aliphatic carboxylic acids is 1. The lowest BCUT2D eigenvalue weighted by atomic mass is 9.93. The van der Waals surface area contributed by atoms with Crippen molar-refractivity contribution in [2.45, 2.75) is 19.3 Å². The van der Waals surface area contributed by atoms with E-state index in [2.05, 4.69) is 22.8 Å². The number of benzene rings is 1. The van der Waals surface area contributed by atoms with E-state index in [9.17, 15) is 14.4 Å². The minimum Gasteiger partial charge on any atom is -0.480 e. The average Bonchev–Trinajstić information content (AvgIpc) is 3.18. The number of carbonyl (C=O) groups excluding carboxylic acids is 2. The van der Waals surface area contributed by atoms with Crippen LogP contribution in [0, 0.1) is 17.8 Å². The molecular formula is C18H20N2O4. The molecule has 1 fully saturated rings. The summed E-state index contributed by atoms with van der Waals surface area (Å²) in [6.07, 6.45) is 6.48. The van der Waals surface area contributed by atoms with Crippen molar-refractivity contribution in [1.29, 1.82) is 0 Å². The molecule has 6 nitrogen and oxygen atoms in total. The number of carboxylic acid groups (broad SMARTS) is 1. The molecule has 6 heteroatoms. The summed E-state index contributed by atoms with van der Waals surface area (Å²) in [5.74, 6) is -0.384. The fourth-order valence-electron chi connectivity index (χ4n) is 3.45. The van der Waals surface area contributed by atoms with Gasteiger partial charge in [-0.1, -0.05) is 24.3 Å². The minimum atomic E-state index is -1.07. The van der Waals surface area contributed by atoms with Crippen LogP contribution in [-0.4, -0.2) is 29.4 Å². The molecule has 3 unspecified atom stereocenters. The van der Waals surface area contributed by atoms with Gasteiger partial charge in [0.25, 0.3) is 0 Å². The molecule has 2 bridgehead atoms. The monoisotopic (exact) mass is 328 g/mol. The molecule has 2 aliphatic carbocycles. The number of nitrogens with one attached hydrogen (secondary N) is 2. The Bertz CT molecular complexity index is 681. The van der Waals surface area contributed by atoms with Crippen molar-refractivity contribution >= 4 is 23.5 Å². The van der Waals surface area contributed by atoms with Gasteiger partial charge in [-0.3, -0.25) is 14.4 Å². The summed E-state index contributed by atoms with van der Waals surface area (Å²) in [6.45, 7) is -0.384. The Hall–Kier alpha value is -2.63. The smallest absolute Gasteiger partial charge is 0.322 e. The van der Waals surface area contributed by atoms with Gasteiger partial charge >= 0.3 is 5.97 Å². The molecule has 2 amide bonds. The lowest BCUT2D eigenvalue weighted by Gasteiger charge is -2.17. The summed E-state index contributed by atoms with van der Waals surface area (Å²) in [4.78, 5) is 34.3. The van der Waals surface area contributed by atoms with Gasteiger partial charge in [-0.05, 0) is 42.4 Å². The Morgan fingerprint density at radius 1 is 1.08 bits per heavy atom. The molecule has 1 aromatic carbocycles. The molecule has 3 N–H and O–H groups in total. The predicted molar refractivity (Wildman–Crippen MR) is 88.3 cm³/mol. The van der Waals surface area contributed by atoms with Crippen molar-refractivity contribution in [3.05, 3.63) is 42.0 Å². The molecule has 1 aromatic rings. The van der Waals surface area contributed by atoms with Crippen molar-refractivity contribution < 1.29 is 19.5 Å². The second-order valence-corrected chi connectivity index (χ2v) is 6.42. The number of hydrogen-bond donors (Lipinski definition) is 3. The molecule has 2 aliphatic rings. The highest BCUT2D eigenvalue weighted by molar-refractivity contribution is 5.93. The molecule has 1 saturated carbocycles. The molecular weight excluding hydrogens is 308 g/mol. The molecule has 0 spiro atoms. The highest BCUT2D eigenvalue weighted by atomic mass is 16.4. The van der Waals surface area contributed by atoms with Crippen LogP contribution in [0.2, 0.25) is 0 Å². The maximum absolute atomic E-state index is 12.4. The maximum atomic E-state index is 12.4. The van der Waals surface area contributed by atoms with Crippen LogP contribution in [0.15, 0.2) is 36.4 Å². The zero-order chi connectivity index (χ0) is 17.1. The molecule has 0 aliphatic heterocycles. The molecule has 0 radical (unpaired) electrons. The Morgan fingerprint density at radius 3 is 2.42 bits per heavy atom. The van der Waals surface area contributed by atoms with E-state index < -0.39 is 5.97 Å². The molecule has 0 saturated heterocycles. The van der Waals surface area contributed by atoms with Crippen LogP contribution in [0.4, 0.5) is 5.69 Å². The van der Waals surface area contributed by atoms with E-state index in [0.717, 1.165) is 18.4 Å². The highest BCUT2D eigenvalue weighted by Gasteiger charge is 2.39. The van der Waals surface area contributed by atoms with E-state index in [4.69, 9.17) is 5.11 Å². The normalized spacial score (nSPS) is 23.9. The second kappa shape index (κ2) is 6.86. The first-order valence-electron chi connectivity index (χ1n) is 8.08. The van der Waals surface area contributed by atoms with Crippen LogP contribution in [0.25, 0.3) is 0 Å². The molecule has 3 atom stereocenters. The molecule has 24 heavy (non-hydrogen) atoms. The molecule has 0 aromatic heterocycles. The number of anilines is 1. The van der Waals surface area contributed by atoms with Gasteiger partial charge in [0, 0.05) is 11.6 Å². The summed E-state index contributed by atoms with van der Waals surface area (Å²) in [5, 5.41) is 13.8. The first-order chi connectivity index (χ1) is 11.5. The fraction of sp³-hybridized carbons (Fsp3) is 0.389. The van der Waals surface area contributed by atoms with Gasteiger partial charge in [0.2, 0.25) is 11.8 Å². The standard InChI is InChI=1S/C18H20N2O4/c21-16(19-10-17(22)23)9-11-2-5-14(6-3-11)20-18(24)15-8-12-1-4-13(15)7-12/h1-6,12-13,15H,7-10H2,(H,19,21)(H,20,24)(H,22,23). The number of carboxylic acids is 1. The summed E-state index contributed by atoms with van der Waals surface area (Å²) in [6, 6.07) is 7.05. The number of allylic oxidation sites excluding steroid dienone is 2. The van der Waals surface area contributed by atoms with Crippen LogP contribution >= 0.6 is 0 Å². The van der Waals surface area contributed by atoms with Crippen molar-refractivity contribution in [1.82, 2.24) is 5.32 Å². The van der Waals surface area contributed by atoms with Crippen molar-refractivity contribution in [3.63, 3.8) is 0 Å². The van der Waals surface area contributed by atoms with Gasteiger partial charge in [-0.2, -0.15) is 0 Å². The van der Waals surface area contributed by atoms with Crippen LogP contribution in [0.5, 0.6) is 0 Å². The van der Waals surface area contributed by atoms with Crippen molar-refractivity contribution in [3.8, 4) is 0 Å². The lowest BCUT2D eigenvalue weighted by molar-refractivity contribution is -0.137. The first-order valence-corrected chi connectivity index (χ1v) is 8.08. The number of amides is 2. The van der Waals surface area contributed by atoms with Gasteiger partial charge in [0.1, 0.15) is 6.54 Å². The van der Waals surface area contributed by atoms with Crippen LogP contribution < -0.4 is 10.6 Å². The molecule has 0 heterocycles. The van der Waals surface area contributed by atoms with Crippen LogP contribution in [0.1, 0.15) is 18.4 Å². The Kier molecular flexibility index (Phi) is 4.64. The van der Waals surface area contributed by atoms with Gasteiger partial charge in [0.15, 0.2) is 0 Å². The predicted octanol–water partition coefficient (Wildman–Crippen LogP) is 1.58. The average molecular weight is 328 g/mol. The lowest BCUT2D eigenvalue weighted by Crippen LogP contribution is -2.30. The van der Waals surface area contributed by atoms with E-state index >= 15 is 0 Å². The second-order valence-electron chi connectivity index (χ2n) is 6.42. The zero-order valence-electron chi connectivity index (χ0n) is 13.2. The third-order valence-corrected chi connectivity index (χ3v) is 4.64. The number of hydrogen-bond acceptors (Lipinski definition) is 3. The number of carbonyl (C=O) groups is 3.